The first kappa shape index (κ1) is 6.39. The molecule has 8 heavy (non-hydrogen) atoms. The Morgan fingerprint density at radius 3 is 3.38 bits per heavy atom. The first-order valence-corrected chi connectivity index (χ1v) is 4.00. The number of rotatable bonds is 0. The molecule has 48 valence electrons. The van der Waals surface area contributed by atoms with Crippen molar-refractivity contribution in [2.24, 2.45) is 5.73 Å². The Labute approximate surface area is 53.8 Å². The number of ether oxygens (including phenoxy) is 1. The summed E-state index contributed by atoms with van der Waals surface area (Å²) in [6, 6.07) is 0. The van der Waals surface area contributed by atoms with E-state index in [1.807, 2.05) is 11.8 Å². The summed E-state index contributed by atoms with van der Waals surface area (Å²) >= 11 is 1.87. The Hall–Kier alpha value is 0.270. The summed E-state index contributed by atoms with van der Waals surface area (Å²) in [5.41, 5.74) is 5.49. The second-order valence-corrected chi connectivity index (χ2v) is 2.99. The summed E-state index contributed by atoms with van der Waals surface area (Å²) in [6.45, 7) is 0.841. The predicted octanol–water partition coefficient (Wildman–Crippen LogP) is 0.425. The smallest absolute Gasteiger partial charge is 0.114 e. The monoisotopic (exact) mass is 133 g/mol. The number of thioether (sulfide) groups is 1. The van der Waals surface area contributed by atoms with Crippen molar-refractivity contribution < 1.29 is 4.74 Å². The first-order valence-electron chi connectivity index (χ1n) is 2.84. The fourth-order valence-corrected chi connectivity index (χ4v) is 1.46. The lowest BCUT2D eigenvalue weighted by atomic mass is 10.5. The summed E-state index contributed by atoms with van der Waals surface area (Å²) in [4.78, 5) is 0. The quantitative estimate of drug-likeness (QED) is 0.520. The van der Waals surface area contributed by atoms with Gasteiger partial charge in [0.05, 0.1) is 0 Å². The number of hydrogen-bond acceptors (Lipinski definition) is 3. The van der Waals surface area contributed by atoms with Gasteiger partial charge in [0.15, 0.2) is 0 Å². The first-order chi connectivity index (χ1) is 3.89. The Morgan fingerprint density at radius 1 is 1.62 bits per heavy atom. The van der Waals surface area contributed by atoms with Crippen LogP contribution >= 0.6 is 11.8 Å². The maximum Gasteiger partial charge on any atom is 0.114 e. The summed E-state index contributed by atoms with van der Waals surface area (Å²) in [7, 11) is 0. The molecule has 0 radical (unpaired) electrons. The van der Waals surface area contributed by atoms with Gasteiger partial charge < -0.3 is 10.5 Å². The minimum atomic E-state index is -0.0116. The van der Waals surface area contributed by atoms with Gasteiger partial charge in [-0.2, -0.15) is 11.8 Å². The molecule has 0 aromatic carbocycles. The van der Waals surface area contributed by atoms with Crippen LogP contribution in [0.25, 0.3) is 0 Å². The van der Waals surface area contributed by atoms with Crippen molar-refractivity contribution in [2.45, 2.75) is 12.6 Å². The normalized spacial score (nSPS) is 31.9. The Balaban J connectivity index is 2.17. The van der Waals surface area contributed by atoms with Crippen LogP contribution in [0.15, 0.2) is 0 Å². The Morgan fingerprint density at radius 2 is 2.50 bits per heavy atom. The SMILES string of the molecule is NC1CSCCCO1. The van der Waals surface area contributed by atoms with Crippen LogP contribution in [0.2, 0.25) is 0 Å². The molecule has 0 spiro atoms. The summed E-state index contributed by atoms with van der Waals surface area (Å²) < 4.78 is 5.16. The highest BCUT2D eigenvalue weighted by Gasteiger charge is 2.05. The fourth-order valence-electron chi connectivity index (χ4n) is 0.643. The molecular formula is C5H11NOS. The standard InChI is InChI=1S/C5H11NOS/c6-5-4-8-3-1-2-7-5/h5H,1-4,6H2. The molecule has 0 bridgehead atoms. The third-order valence-corrected chi connectivity index (χ3v) is 2.19. The average Bonchev–Trinajstić information content (AvgIpc) is 1.94. The molecule has 1 heterocycles. The van der Waals surface area contributed by atoms with Gasteiger partial charge in [-0.15, -0.1) is 0 Å². The van der Waals surface area contributed by atoms with Crippen molar-refractivity contribution >= 4 is 11.8 Å². The average molecular weight is 133 g/mol. The van der Waals surface area contributed by atoms with Crippen molar-refractivity contribution in [2.75, 3.05) is 18.1 Å². The molecule has 1 aliphatic heterocycles. The lowest BCUT2D eigenvalue weighted by Gasteiger charge is -2.05. The molecule has 3 heteroatoms. The Bertz CT molecular complexity index is 61.4. The van der Waals surface area contributed by atoms with E-state index in [4.69, 9.17) is 10.5 Å². The minimum absolute atomic E-state index is 0.0116. The van der Waals surface area contributed by atoms with Crippen LogP contribution in [0.4, 0.5) is 0 Å². The van der Waals surface area contributed by atoms with Crippen molar-refractivity contribution in [1.29, 1.82) is 0 Å². The van der Waals surface area contributed by atoms with Gasteiger partial charge in [-0.25, -0.2) is 0 Å². The lowest BCUT2D eigenvalue weighted by molar-refractivity contribution is 0.0780. The van der Waals surface area contributed by atoms with Gasteiger partial charge in [-0.1, -0.05) is 0 Å². The van der Waals surface area contributed by atoms with Crippen molar-refractivity contribution in [3.63, 3.8) is 0 Å². The molecule has 1 rings (SSSR count). The van der Waals surface area contributed by atoms with Crippen LogP contribution in [0, 0.1) is 0 Å². The van der Waals surface area contributed by atoms with Gasteiger partial charge >= 0.3 is 0 Å². The topological polar surface area (TPSA) is 35.2 Å². The Kier molecular flexibility index (Phi) is 2.66. The lowest BCUT2D eigenvalue weighted by Crippen LogP contribution is -2.25. The molecule has 0 aromatic rings. The van der Waals surface area contributed by atoms with Crippen LogP contribution in [-0.4, -0.2) is 24.3 Å². The molecule has 1 saturated heterocycles. The van der Waals surface area contributed by atoms with E-state index in [-0.39, 0.29) is 6.23 Å². The molecule has 0 aromatic heterocycles. The number of nitrogens with two attached hydrogens (primary N) is 1. The zero-order valence-electron chi connectivity index (χ0n) is 4.80. The fraction of sp³-hybridized carbons (Fsp3) is 1.00. The highest BCUT2D eigenvalue weighted by molar-refractivity contribution is 7.99. The van der Waals surface area contributed by atoms with Gasteiger partial charge in [-0.3, -0.25) is 0 Å². The van der Waals surface area contributed by atoms with E-state index in [0.29, 0.717) is 0 Å². The van der Waals surface area contributed by atoms with E-state index >= 15 is 0 Å². The second kappa shape index (κ2) is 3.33. The summed E-state index contributed by atoms with van der Waals surface area (Å²) in [6.07, 6.45) is 1.14. The molecule has 1 aliphatic rings. The molecule has 0 amide bonds. The van der Waals surface area contributed by atoms with Gasteiger partial charge in [0.1, 0.15) is 6.23 Å². The van der Waals surface area contributed by atoms with E-state index in [1.54, 1.807) is 0 Å². The van der Waals surface area contributed by atoms with Gasteiger partial charge in [-0.05, 0) is 12.2 Å². The van der Waals surface area contributed by atoms with Crippen LogP contribution in [-0.2, 0) is 4.74 Å². The summed E-state index contributed by atoms with van der Waals surface area (Å²) in [5, 5.41) is 0. The predicted molar refractivity (Wildman–Crippen MR) is 35.9 cm³/mol. The van der Waals surface area contributed by atoms with Gasteiger partial charge in [0.2, 0.25) is 0 Å². The van der Waals surface area contributed by atoms with Crippen molar-refractivity contribution in [1.82, 2.24) is 0 Å². The minimum Gasteiger partial charge on any atom is -0.363 e. The summed E-state index contributed by atoms with van der Waals surface area (Å²) in [5.74, 6) is 2.16. The maximum atomic E-state index is 5.49. The van der Waals surface area contributed by atoms with E-state index in [1.165, 1.54) is 5.75 Å². The zero-order valence-corrected chi connectivity index (χ0v) is 5.62. The third-order valence-electron chi connectivity index (χ3n) is 1.05. The molecule has 1 atom stereocenters. The molecule has 0 aliphatic carbocycles. The van der Waals surface area contributed by atoms with Crippen molar-refractivity contribution in [3.8, 4) is 0 Å². The molecular weight excluding hydrogens is 122 g/mol. The van der Waals surface area contributed by atoms with Gasteiger partial charge in [0.25, 0.3) is 0 Å². The van der Waals surface area contributed by atoms with E-state index in [2.05, 4.69) is 0 Å². The van der Waals surface area contributed by atoms with Crippen LogP contribution in [0.3, 0.4) is 0 Å². The molecule has 0 saturated carbocycles. The molecule has 2 N–H and O–H groups in total. The zero-order chi connectivity index (χ0) is 5.82. The number of hydrogen-bond donors (Lipinski definition) is 1. The highest BCUT2D eigenvalue weighted by atomic mass is 32.2. The van der Waals surface area contributed by atoms with Crippen molar-refractivity contribution in [3.05, 3.63) is 0 Å². The molecule has 2 nitrogen and oxygen atoms in total. The largest absolute Gasteiger partial charge is 0.363 e. The molecule has 1 unspecified atom stereocenters. The van der Waals surface area contributed by atoms with Crippen LogP contribution in [0.1, 0.15) is 6.42 Å². The van der Waals surface area contributed by atoms with Crippen LogP contribution < -0.4 is 5.73 Å². The van der Waals surface area contributed by atoms with Crippen LogP contribution in [0.5, 0.6) is 0 Å². The second-order valence-electron chi connectivity index (χ2n) is 1.84. The van der Waals surface area contributed by atoms with E-state index < -0.39 is 0 Å². The maximum absolute atomic E-state index is 5.49. The van der Waals surface area contributed by atoms with E-state index in [9.17, 15) is 0 Å². The third kappa shape index (κ3) is 2.03. The molecule has 1 fully saturated rings. The van der Waals surface area contributed by atoms with E-state index in [0.717, 1.165) is 18.8 Å². The highest BCUT2D eigenvalue weighted by Crippen LogP contribution is 2.08. The van der Waals surface area contributed by atoms with Gasteiger partial charge in [0, 0.05) is 12.4 Å².